The summed E-state index contributed by atoms with van der Waals surface area (Å²) in [6.45, 7) is 4.30. The minimum atomic E-state index is -0.461. The van der Waals surface area contributed by atoms with Crippen LogP contribution in [-0.4, -0.2) is 25.0 Å². The quantitative estimate of drug-likeness (QED) is 0.596. The fraction of sp³-hybridized carbons (Fsp3) is 0.429. The van der Waals surface area contributed by atoms with E-state index >= 15 is 0 Å². The maximum atomic E-state index is 11.5. The zero-order chi connectivity index (χ0) is 14.3. The van der Waals surface area contributed by atoms with Crippen molar-refractivity contribution >= 4 is 17.6 Å². The number of hydrogen-bond acceptors (Lipinski definition) is 4. The molecule has 0 spiro atoms. The van der Waals surface area contributed by atoms with Gasteiger partial charge < -0.3 is 15.8 Å². The van der Waals surface area contributed by atoms with Crippen LogP contribution in [0, 0.1) is 5.92 Å². The lowest BCUT2D eigenvalue weighted by molar-refractivity contribution is -0.147. The SMILES string of the molecule is CC(C)CNC(=O)COC(=O)Cc1ccccc1N. The van der Waals surface area contributed by atoms with Gasteiger partial charge in [-0.15, -0.1) is 0 Å². The lowest BCUT2D eigenvalue weighted by Gasteiger charge is -2.09. The molecule has 1 aromatic carbocycles. The zero-order valence-corrected chi connectivity index (χ0v) is 11.3. The van der Waals surface area contributed by atoms with Crippen LogP contribution < -0.4 is 11.1 Å². The van der Waals surface area contributed by atoms with Gasteiger partial charge in [0.1, 0.15) is 0 Å². The number of nitrogens with two attached hydrogens (primary N) is 1. The number of rotatable bonds is 6. The van der Waals surface area contributed by atoms with Crippen LogP contribution in [0.5, 0.6) is 0 Å². The third-order valence-electron chi connectivity index (χ3n) is 2.46. The predicted octanol–water partition coefficient (Wildman–Crippen LogP) is 1.13. The maximum absolute atomic E-state index is 11.5. The molecule has 19 heavy (non-hydrogen) atoms. The molecule has 0 saturated heterocycles. The van der Waals surface area contributed by atoms with Crippen LogP contribution in [0.2, 0.25) is 0 Å². The molecule has 5 heteroatoms. The first kappa shape index (κ1) is 15.0. The first-order valence-corrected chi connectivity index (χ1v) is 6.24. The first-order chi connectivity index (χ1) is 8.99. The molecule has 104 valence electrons. The Hall–Kier alpha value is -2.04. The van der Waals surface area contributed by atoms with Crippen LogP contribution in [0.15, 0.2) is 24.3 Å². The number of hydrogen-bond donors (Lipinski definition) is 2. The highest BCUT2D eigenvalue weighted by atomic mass is 16.5. The van der Waals surface area contributed by atoms with E-state index < -0.39 is 5.97 Å². The van der Waals surface area contributed by atoms with Gasteiger partial charge >= 0.3 is 5.97 Å². The number of benzene rings is 1. The molecule has 0 bridgehead atoms. The molecule has 0 aliphatic carbocycles. The van der Waals surface area contributed by atoms with Crippen molar-refractivity contribution in [2.24, 2.45) is 5.92 Å². The molecule has 0 aliphatic heterocycles. The van der Waals surface area contributed by atoms with Gasteiger partial charge in [-0.25, -0.2) is 0 Å². The van der Waals surface area contributed by atoms with E-state index in [1.54, 1.807) is 24.3 Å². The summed E-state index contributed by atoms with van der Waals surface area (Å²) in [7, 11) is 0. The van der Waals surface area contributed by atoms with Gasteiger partial charge in [0.2, 0.25) is 0 Å². The average Bonchev–Trinajstić information content (AvgIpc) is 2.36. The molecule has 0 atom stereocenters. The molecular formula is C14H20N2O3. The number of amides is 1. The van der Waals surface area contributed by atoms with Gasteiger partial charge in [-0.3, -0.25) is 9.59 Å². The fourth-order valence-corrected chi connectivity index (χ4v) is 1.42. The molecule has 0 unspecified atom stereocenters. The highest BCUT2D eigenvalue weighted by Gasteiger charge is 2.10. The Morgan fingerprint density at radius 2 is 2.00 bits per heavy atom. The van der Waals surface area contributed by atoms with E-state index in [4.69, 9.17) is 10.5 Å². The summed E-state index contributed by atoms with van der Waals surface area (Å²) in [5.41, 5.74) is 6.97. The lowest BCUT2D eigenvalue weighted by Crippen LogP contribution is -2.31. The topological polar surface area (TPSA) is 81.4 Å². The van der Waals surface area contributed by atoms with Crippen LogP contribution in [-0.2, 0) is 20.7 Å². The Morgan fingerprint density at radius 1 is 1.32 bits per heavy atom. The van der Waals surface area contributed by atoms with E-state index in [0.29, 0.717) is 23.7 Å². The second-order valence-corrected chi connectivity index (χ2v) is 4.73. The average molecular weight is 264 g/mol. The Morgan fingerprint density at radius 3 is 2.63 bits per heavy atom. The molecule has 0 aliphatic rings. The van der Waals surface area contributed by atoms with Gasteiger partial charge in [0, 0.05) is 12.2 Å². The van der Waals surface area contributed by atoms with Gasteiger partial charge in [0.25, 0.3) is 5.91 Å². The van der Waals surface area contributed by atoms with E-state index in [9.17, 15) is 9.59 Å². The molecule has 0 aromatic heterocycles. The highest BCUT2D eigenvalue weighted by molar-refractivity contribution is 5.81. The maximum Gasteiger partial charge on any atom is 0.310 e. The lowest BCUT2D eigenvalue weighted by atomic mass is 10.1. The zero-order valence-electron chi connectivity index (χ0n) is 11.3. The summed E-state index contributed by atoms with van der Waals surface area (Å²) in [4.78, 5) is 22.9. The van der Waals surface area contributed by atoms with Crippen LogP contribution >= 0.6 is 0 Å². The predicted molar refractivity (Wildman–Crippen MR) is 73.4 cm³/mol. The molecular weight excluding hydrogens is 244 g/mol. The van der Waals surface area contributed by atoms with Gasteiger partial charge in [0.15, 0.2) is 6.61 Å². The van der Waals surface area contributed by atoms with E-state index in [-0.39, 0.29) is 18.9 Å². The minimum Gasteiger partial charge on any atom is -0.455 e. The number of anilines is 1. The molecule has 3 N–H and O–H groups in total. The third kappa shape index (κ3) is 5.90. The van der Waals surface area contributed by atoms with Crippen molar-refractivity contribution in [2.45, 2.75) is 20.3 Å². The van der Waals surface area contributed by atoms with Crippen LogP contribution in [0.4, 0.5) is 5.69 Å². The van der Waals surface area contributed by atoms with E-state index in [0.717, 1.165) is 0 Å². The summed E-state index contributed by atoms with van der Waals surface area (Å²) in [5.74, 6) is -0.385. The summed E-state index contributed by atoms with van der Waals surface area (Å²) in [6.07, 6.45) is 0.0735. The van der Waals surface area contributed by atoms with Crippen molar-refractivity contribution in [3.05, 3.63) is 29.8 Å². The number of para-hydroxylation sites is 1. The number of carbonyl (C=O) groups excluding carboxylic acids is 2. The van der Waals surface area contributed by atoms with Crippen molar-refractivity contribution < 1.29 is 14.3 Å². The molecule has 0 heterocycles. The molecule has 1 amide bonds. The van der Waals surface area contributed by atoms with E-state index in [1.807, 2.05) is 13.8 Å². The summed E-state index contributed by atoms with van der Waals surface area (Å²) in [5, 5.41) is 2.67. The largest absolute Gasteiger partial charge is 0.455 e. The monoisotopic (exact) mass is 264 g/mol. The van der Waals surface area contributed by atoms with Crippen LogP contribution in [0.3, 0.4) is 0 Å². The van der Waals surface area contributed by atoms with Gasteiger partial charge in [-0.05, 0) is 17.5 Å². The normalized spacial score (nSPS) is 10.3. The number of nitrogen functional groups attached to an aromatic ring is 1. The van der Waals surface area contributed by atoms with E-state index in [1.165, 1.54) is 0 Å². The number of ether oxygens (including phenoxy) is 1. The Labute approximate surface area is 113 Å². The Kier molecular flexibility index (Phi) is 5.85. The number of esters is 1. The molecule has 0 radical (unpaired) electrons. The number of nitrogens with one attached hydrogen (secondary N) is 1. The Bertz CT molecular complexity index is 444. The second-order valence-electron chi connectivity index (χ2n) is 4.73. The van der Waals surface area contributed by atoms with Crippen molar-refractivity contribution in [1.82, 2.24) is 5.32 Å². The van der Waals surface area contributed by atoms with Gasteiger partial charge in [0.05, 0.1) is 6.42 Å². The molecule has 5 nitrogen and oxygen atoms in total. The molecule has 0 saturated carbocycles. The van der Waals surface area contributed by atoms with Gasteiger partial charge in [-0.1, -0.05) is 32.0 Å². The smallest absolute Gasteiger partial charge is 0.310 e. The van der Waals surface area contributed by atoms with Crippen molar-refractivity contribution in [3.8, 4) is 0 Å². The summed E-state index contributed by atoms with van der Waals surface area (Å²) < 4.78 is 4.89. The molecule has 0 fully saturated rings. The summed E-state index contributed by atoms with van der Waals surface area (Å²) in [6, 6.07) is 7.07. The van der Waals surface area contributed by atoms with Crippen LogP contribution in [0.25, 0.3) is 0 Å². The van der Waals surface area contributed by atoms with E-state index in [2.05, 4.69) is 5.32 Å². The van der Waals surface area contributed by atoms with Crippen molar-refractivity contribution in [2.75, 3.05) is 18.9 Å². The fourth-order valence-electron chi connectivity index (χ4n) is 1.42. The number of carbonyl (C=O) groups is 2. The van der Waals surface area contributed by atoms with Gasteiger partial charge in [-0.2, -0.15) is 0 Å². The summed E-state index contributed by atoms with van der Waals surface area (Å²) >= 11 is 0. The van der Waals surface area contributed by atoms with Crippen LogP contribution in [0.1, 0.15) is 19.4 Å². The van der Waals surface area contributed by atoms with Crippen molar-refractivity contribution in [1.29, 1.82) is 0 Å². The minimum absolute atomic E-state index is 0.0735. The molecule has 1 rings (SSSR count). The second kappa shape index (κ2) is 7.41. The third-order valence-corrected chi connectivity index (χ3v) is 2.46. The van der Waals surface area contributed by atoms with Crippen molar-refractivity contribution in [3.63, 3.8) is 0 Å². The Balaban J connectivity index is 2.32. The first-order valence-electron chi connectivity index (χ1n) is 6.24. The highest BCUT2D eigenvalue weighted by Crippen LogP contribution is 2.11. The standard InChI is InChI=1S/C14H20N2O3/c1-10(2)8-16-13(17)9-19-14(18)7-11-5-3-4-6-12(11)15/h3-6,10H,7-9,15H2,1-2H3,(H,16,17). The molecule has 1 aromatic rings.